The Morgan fingerprint density at radius 1 is 1.22 bits per heavy atom. The van der Waals surface area contributed by atoms with Gasteiger partial charge in [-0.25, -0.2) is 4.98 Å². The molecule has 1 aliphatic heterocycles. The number of ether oxygens (including phenoxy) is 2. The van der Waals surface area contributed by atoms with Gasteiger partial charge in [-0.3, -0.25) is 0 Å². The van der Waals surface area contributed by atoms with Gasteiger partial charge in [0.25, 0.3) is 0 Å². The maximum atomic E-state index is 5.81. The van der Waals surface area contributed by atoms with Crippen LogP contribution in [0.2, 0.25) is 0 Å². The molecule has 1 aromatic heterocycles. The maximum absolute atomic E-state index is 5.81. The Bertz CT molecular complexity index is 605. The average Bonchev–Trinajstić information content (AvgIpc) is 2.63. The highest BCUT2D eigenvalue weighted by Gasteiger charge is 2.16. The lowest BCUT2D eigenvalue weighted by atomic mass is 10.1. The molecular weight excluding hydrogens is 230 g/mol. The third-order valence-electron chi connectivity index (χ3n) is 3.12. The standard InChI is InChI=1S/C13H15N3O2/c1-8-12(16(2)13(14)15-8)9-3-4-10-11(7-9)18-6-5-17-10/h3-4,7H,5-6H2,1-2H3,(H2,14,15). The van der Waals surface area contributed by atoms with Crippen molar-refractivity contribution in [2.24, 2.45) is 7.05 Å². The molecule has 5 heteroatoms. The number of anilines is 1. The Morgan fingerprint density at radius 2 is 1.94 bits per heavy atom. The number of nitrogens with two attached hydrogens (primary N) is 1. The van der Waals surface area contributed by atoms with E-state index in [-0.39, 0.29) is 0 Å². The fraction of sp³-hybridized carbons (Fsp3) is 0.308. The minimum Gasteiger partial charge on any atom is -0.486 e. The third kappa shape index (κ3) is 1.59. The number of nitrogen functional groups attached to an aromatic ring is 1. The highest BCUT2D eigenvalue weighted by Crippen LogP contribution is 2.35. The fourth-order valence-corrected chi connectivity index (χ4v) is 2.25. The number of hydrogen-bond acceptors (Lipinski definition) is 4. The van der Waals surface area contributed by atoms with Crippen molar-refractivity contribution in [1.82, 2.24) is 9.55 Å². The summed E-state index contributed by atoms with van der Waals surface area (Å²) in [7, 11) is 1.90. The second kappa shape index (κ2) is 3.94. The van der Waals surface area contributed by atoms with Gasteiger partial charge in [-0.2, -0.15) is 0 Å². The van der Waals surface area contributed by atoms with Crippen LogP contribution >= 0.6 is 0 Å². The van der Waals surface area contributed by atoms with Crippen LogP contribution in [0.4, 0.5) is 5.95 Å². The summed E-state index contributed by atoms with van der Waals surface area (Å²) in [6.07, 6.45) is 0. The summed E-state index contributed by atoms with van der Waals surface area (Å²) in [5.74, 6) is 2.08. The van der Waals surface area contributed by atoms with E-state index in [0.717, 1.165) is 28.5 Å². The summed E-state index contributed by atoms with van der Waals surface area (Å²) < 4.78 is 13.0. The first kappa shape index (κ1) is 11.0. The second-order valence-corrected chi connectivity index (χ2v) is 4.32. The molecule has 0 amide bonds. The van der Waals surface area contributed by atoms with Crippen LogP contribution in [0.1, 0.15) is 5.69 Å². The first-order valence-corrected chi connectivity index (χ1v) is 5.85. The Kier molecular flexibility index (Phi) is 2.40. The van der Waals surface area contributed by atoms with Crippen LogP contribution in [0.25, 0.3) is 11.3 Å². The molecule has 3 rings (SSSR count). The van der Waals surface area contributed by atoms with Crippen molar-refractivity contribution >= 4 is 5.95 Å². The van der Waals surface area contributed by atoms with E-state index in [0.29, 0.717) is 19.2 Å². The normalized spacial score (nSPS) is 13.7. The van der Waals surface area contributed by atoms with Gasteiger partial charge >= 0.3 is 0 Å². The lowest BCUT2D eigenvalue weighted by Gasteiger charge is -2.19. The van der Waals surface area contributed by atoms with E-state index in [1.165, 1.54) is 0 Å². The number of fused-ring (bicyclic) bond motifs is 1. The van der Waals surface area contributed by atoms with Crippen LogP contribution in [0.3, 0.4) is 0 Å². The van der Waals surface area contributed by atoms with Gasteiger partial charge in [0, 0.05) is 12.6 Å². The third-order valence-corrected chi connectivity index (χ3v) is 3.12. The largest absolute Gasteiger partial charge is 0.486 e. The smallest absolute Gasteiger partial charge is 0.200 e. The molecule has 0 fully saturated rings. The second-order valence-electron chi connectivity index (χ2n) is 4.32. The van der Waals surface area contributed by atoms with Gasteiger partial charge in [0.2, 0.25) is 5.95 Å². The summed E-state index contributed by atoms with van der Waals surface area (Å²) in [6.45, 7) is 3.13. The number of aromatic nitrogens is 2. The zero-order chi connectivity index (χ0) is 12.7. The van der Waals surface area contributed by atoms with Crippen molar-refractivity contribution in [3.63, 3.8) is 0 Å². The fourth-order valence-electron chi connectivity index (χ4n) is 2.25. The molecule has 1 aromatic carbocycles. The van der Waals surface area contributed by atoms with Crippen molar-refractivity contribution < 1.29 is 9.47 Å². The zero-order valence-corrected chi connectivity index (χ0v) is 10.4. The van der Waals surface area contributed by atoms with Crippen LogP contribution in [-0.2, 0) is 7.05 Å². The molecule has 94 valence electrons. The van der Waals surface area contributed by atoms with E-state index in [4.69, 9.17) is 15.2 Å². The van der Waals surface area contributed by atoms with Crippen LogP contribution in [0.15, 0.2) is 18.2 Å². The van der Waals surface area contributed by atoms with Gasteiger partial charge in [-0.15, -0.1) is 0 Å². The number of rotatable bonds is 1. The van der Waals surface area contributed by atoms with E-state index in [2.05, 4.69) is 4.98 Å². The van der Waals surface area contributed by atoms with Gasteiger partial charge in [0.05, 0.1) is 11.4 Å². The Balaban J connectivity index is 2.12. The number of aryl methyl sites for hydroxylation is 1. The van der Waals surface area contributed by atoms with E-state index < -0.39 is 0 Å². The summed E-state index contributed by atoms with van der Waals surface area (Å²) in [6, 6.07) is 5.89. The summed E-state index contributed by atoms with van der Waals surface area (Å²) in [5.41, 5.74) is 8.76. The molecule has 2 aromatic rings. The van der Waals surface area contributed by atoms with Gasteiger partial charge < -0.3 is 19.8 Å². The predicted octanol–water partition coefficient (Wildman–Crippen LogP) is 1.75. The molecule has 2 N–H and O–H groups in total. The molecule has 0 aliphatic carbocycles. The Morgan fingerprint density at radius 3 is 2.61 bits per heavy atom. The van der Waals surface area contributed by atoms with Crippen molar-refractivity contribution in [3.8, 4) is 22.8 Å². The highest BCUT2D eigenvalue weighted by molar-refractivity contribution is 5.68. The molecule has 0 atom stereocenters. The lowest BCUT2D eigenvalue weighted by molar-refractivity contribution is 0.171. The van der Waals surface area contributed by atoms with E-state index >= 15 is 0 Å². The van der Waals surface area contributed by atoms with Crippen molar-refractivity contribution in [1.29, 1.82) is 0 Å². The molecule has 0 bridgehead atoms. The molecule has 0 radical (unpaired) electrons. The molecule has 1 aliphatic rings. The summed E-state index contributed by atoms with van der Waals surface area (Å²) in [4.78, 5) is 4.27. The molecule has 5 nitrogen and oxygen atoms in total. The number of hydrogen-bond donors (Lipinski definition) is 1. The molecular formula is C13H15N3O2. The van der Waals surface area contributed by atoms with Crippen molar-refractivity contribution in [2.45, 2.75) is 6.92 Å². The van der Waals surface area contributed by atoms with E-state index in [1.807, 2.05) is 36.7 Å². The molecule has 18 heavy (non-hydrogen) atoms. The number of nitrogens with zero attached hydrogens (tertiary/aromatic N) is 2. The highest BCUT2D eigenvalue weighted by atomic mass is 16.6. The summed E-state index contributed by atoms with van der Waals surface area (Å²) in [5, 5.41) is 0. The molecule has 0 saturated carbocycles. The molecule has 0 unspecified atom stereocenters. The van der Waals surface area contributed by atoms with E-state index in [9.17, 15) is 0 Å². The van der Waals surface area contributed by atoms with Gasteiger partial charge in [-0.1, -0.05) is 0 Å². The Hall–Kier alpha value is -2.17. The first-order valence-electron chi connectivity index (χ1n) is 5.85. The van der Waals surface area contributed by atoms with Crippen molar-refractivity contribution in [2.75, 3.05) is 18.9 Å². The van der Waals surface area contributed by atoms with Crippen LogP contribution < -0.4 is 15.2 Å². The van der Waals surface area contributed by atoms with Crippen molar-refractivity contribution in [3.05, 3.63) is 23.9 Å². The lowest BCUT2D eigenvalue weighted by Crippen LogP contribution is -2.15. The predicted molar refractivity (Wildman–Crippen MR) is 68.8 cm³/mol. The first-order chi connectivity index (χ1) is 8.66. The average molecular weight is 245 g/mol. The number of benzene rings is 1. The topological polar surface area (TPSA) is 62.3 Å². The quantitative estimate of drug-likeness (QED) is 0.831. The molecule has 0 spiro atoms. The number of imidazole rings is 1. The van der Waals surface area contributed by atoms with Gasteiger partial charge in [-0.05, 0) is 25.1 Å². The van der Waals surface area contributed by atoms with Gasteiger partial charge in [0.15, 0.2) is 11.5 Å². The summed E-state index contributed by atoms with van der Waals surface area (Å²) >= 11 is 0. The minimum absolute atomic E-state index is 0.511. The van der Waals surface area contributed by atoms with Crippen LogP contribution in [0, 0.1) is 6.92 Å². The van der Waals surface area contributed by atoms with Crippen LogP contribution in [-0.4, -0.2) is 22.8 Å². The Labute approximate surface area is 105 Å². The van der Waals surface area contributed by atoms with Gasteiger partial charge in [0.1, 0.15) is 13.2 Å². The zero-order valence-electron chi connectivity index (χ0n) is 10.4. The molecule has 0 saturated heterocycles. The van der Waals surface area contributed by atoms with Crippen LogP contribution in [0.5, 0.6) is 11.5 Å². The monoisotopic (exact) mass is 245 g/mol. The molecule has 2 heterocycles. The SMILES string of the molecule is Cc1nc(N)n(C)c1-c1ccc2c(c1)OCCO2. The maximum Gasteiger partial charge on any atom is 0.200 e. The minimum atomic E-state index is 0.511. The van der Waals surface area contributed by atoms with E-state index in [1.54, 1.807) is 0 Å².